The van der Waals surface area contributed by atoms with Gasteiger partial charge in [-0.2, -0.15) is 0 Å². The molecule has 0 amide bonds. The first-order valence-electron chi connectivity index (χ1n) is 4.71. The molecule has 0 radical (unpaired) electrons. The molecular formula is C11H20O2. The van der Waals surface area contributed by atoms with Crippen LogP contribution in [0.2, 0.25) is 0 Å². The smallest absolute Gasteiger partial charge is 0.333 e. The molecule has 0 rings (SSSR count). The van der Waals surface area contributed by atoms with E-state index in [1.807, 2.05) is 0 Å². The van der Waals surface area contributed by atoms with Gasteiger partial charge in [-0.15, -0.1) is 0 Å². The number of hydrogen-bond donors (Lipinski definition) is 0. The standard InChI is InChI=1S/C11H20O2/c1-6-7-11(4,5)8-13-10(12)9(2)3/h2,6-8H2,1,3-5H3. The molecule has 0 spiro atoms. The summed E-state index contributed by atoms with van der Waals surface area (Å²) in [6.07, 6.45) is 2.17. The first-order chi connectivity index (χ1) is 5.89. The minimum absolute atomic E-state index is 0.0832. The Bertz CT molecular complexity index is 192. The maximum atomic E-state index is 11.1. The van der Waals surface area contributed by atoms with Gasteiger partial charge in [0.25, 0.3) is 0 Å². The van der Waals surface area contributed by atoms with Crippen LogP contribution in [0.5, 0.6) is 0 Å². The fraction of sp³-hybridized carbons (Fsp3) is 0.727. The Labute approximate surface area is 81.0 Å². The van der Waals surface area contributed by atoms with Gasteiger partial charge in [0.05, 0.1) is 6.61 Å². The highest BCUT2D eigenvalue weighted by molar-refractivity contribution is 5.86. The number of carbonyl (C=O) groups excluding carboxylic acids is 1. The molecule has 0 aromatic carbocycles. The molecule has 0 bridgehead atoms. The topological polar surface area (TPSA) is 26.3 Å². The number of hydrogen-bond acceptors (Lipinski definition) is 2. The molecule has 0 fully saturated rings. The van der Waals surface area contributed by atoms with Crippen molar-refractivity contribution in [1.82, 2.24) is 0 Å². The first-order valence-corrected chi connectivity index (χ1v) is 4.71. The molecule has 76 valence electrons. The highest BCUT2D eigenvalue weighted by Gasteiger charge is 2.19. The van der Waals surface area contributed by atoms with Crippen LogP contribution >= 0.6 is 0 Å². The van der Waals surface area contributed by atoms with Gasteiger partial charge in [0.1, 0.15) is 0 Å². The molecule has 0 N–H and O–H groups in total. The van der Waals surface area contributed by atoms with E-state index in [9.17, 15) is 4.79 Å². The van der Waals surface area contributed by atoms with Crippen LogP contribution in [0.3, 0.4) is 0 Å². The number of esters is 1. The predicted octanol–water partition coefficient (Wildman–Crippen LogP) is 2.93. The van der Waals surface area contributed by atoms with Crippen molar-refractivity contribution in [3.8, 4) is 0 Å². The summed E-state index contributed by atoms with van der Waals surface area (Å²) in [6, 6.07) is 0. The number of rotatable bonds is 5. The van der Waals surface area contributed by atoms with E-state index in [1.165, 1.54) is 0 Å². The summed E-state index contributed by atoms with van der Waals surface area (Å²) in [4.78, 5) is 11.1. The van der Waals surface area contributed by atoms with Gasteiger partial charge in [0.15, 0.2) is 0 Å². The Morgan fingerprint density at radius 3 is 2.38 bits per heavy atom. The second-order valence-corrected chi connectivity index (χ2v) is 4.27. The molecule has 0 unspecified atom stereocenters. The van der Waals surface area contributed by atoms with Crippen molar-refractivity contribution < 1.29 is 9.53 Å². The lowest BCUT2D eigenvalue weighted by Crippen LogP contribution is -2.21. The number of ether oxygens (including phenoxy) is 1. The summed E-state index contributed by atoms with van der Waals surface area (Å²) in [5.74, 6) is -0.288. The first kappa shape index (κ1) is 12.2. The fourth-order valence-electron chi connectivity index (χ4n) is 1.13. The van der Waals surface area contributed by atoms with Gasteiger partial charge >= 0.3 is 5.97 Å². The van der Waals surface area contributed by atoms with E-state index in [0.29, 0.717) is 12.2 Å². The van der Waals surface area contributed by atoms with Crippen LogP contribution in [0.25, 0.3) is 0 Å². The molecule has 0 aliphatic rings. The van der Waals surface area contributed by atoms with Gasteiger partial charge < -0.3 is 4.74 Å². The molecule has 0 heterocycles. The quantitative estimate of drug-likeness (QED) is 0.485. The van der Waals surface area contributed by atoms with Crippen molar-refractivity contribution in [2.24, 2.45) is 5.41 Å². The maximum absolute atomic E-state index is 11.1. The largest absolute Gasteiger partial charge is 0.462 e. The lowest BCUT2D eigenvalue weighted by Gasteiger charge is -2.23. The molecule has 2 heteroatoms. The minimum atomic E-state index is -0.288. The SMILES string of the molecule is C=C(C)C(=O)OCC(C)(C)CCC. The average molecular weight is 184 g/mol. The lowest BCUT2D eigenvalue weighted by atomic mass is 9.89. The summed E-state index contributed by atoms with van der Waals surface area (Å²) < 4.78 is 5.08. The molecule has 0 aliphatic carbocycles. The van der Waals surface area contributed by atoms with Gasteiger partial charge in [-0.3, -0.25) is 0 Å². The van der Waals surface area contributed by atoms with E-state index in [2.05, 4.69) is 27.4 Å². The van der Waals surface area contributed by atoms with Crippen LogP contribution in [0.4, 0.5) is 0 Å². The molecule has 0 aromatic rings. The Hall–Kier alpha value is -0.790. The summed E-state index contributed by atoms with van der Waals surface area (Å²) in [6.45, 7) is 12.0. The van der Waals surface area contributed by atoms with E-state index in [4.69, 9.17) is 4.74 Å². The van der Waals surface area contributed by atoms with Gasteiger partial charge in [-0.05, 0) is 18.8 Å². The van der Waals surface area contributed by atoms with Crippen molar-refractivity contribution in [2.75, 3.05) is 6.61 Å². The summed E-state index contributed by atoms with van der Waals surface area (Å²) >= 11 is 0. The zero-order valence-corrected chi connectivity index (χ0v) is 9.14. The van der Waals surface area contributed by atoms with Crippen LogP contribution in [-0.2, 0) is 9.53 Å². The molecule has 0 atom stereocenters. The van der Waals surface area contributed by atoms with Crippen molar-refractivity contribution >= 4 is 5.97 Å². The maximum Gasteiger partial charge on any atom is 0.333 e. The third-order valence-corrected chi connectivity index (χ3v) is 1.87. The molecule has 0 aromatic heterocycles. The Morgan fingerprint density at radius 1 is 1.46 bits per heavy atom. The van der Waals surface area contributed by atoms with E-state index in [-0.39, 0.29) is 11.4 Å². The molecule has 13 heavy (non-hydrogen) atoms. The van der Waals surface area contributed by atoms with E-state index >= 15 is 0 Å². The summed E-state index contributed by atoms with van der Waals surface area (Å²) in [7, 11) is 0. The fourth-order valence-corrected chi connectivity index (χ4v) is 1.13. The van der Waals surface area contributed by atoms with E-state index < -0.39 is 0 Å². The van der Waals surface area contributed by atoms with Gasteiger partial charge in [0, 0.05) is 5.57 Å². The molecule has 0 aliphatic heterocycles. The van der Waals surface area contributed by atoms with Crippen molar-refractivity contribution in [1.29, 1.82) is 0 Å². The van der Waals surface area contributed by atoms with Gasteiger partial charge in [-0.1, -0.05) is 33.8 Å². The van der Waals surface area contributed by atoms with Crippen LogP contribution in [0.1, 0.15) is 40.5 Å². The lowest BCUT2D eigenvalue weighted by molar-refractivity contribution is -0.142. The van der Waals surface area contributed by atoms with Crippen LogP contribution < -0.4 is 0 Å². The summed E-state index contributed by atoms with van der Waals surface area (Å²) in [5.41, 5.74) is 0.548. The molecule has 0 saturated carbocycles. The van der Waals surface area contributed by atoms with Crippen LogP contribution in [-0.4, -0.2) is 12.6 Å². The molecule has 0 saturated heterocycles. The zero-order chi connectivity index (χ0) is 10.5. The Kier molecular flexibility index (Phi) is 4.74. The predicted molar refractivity (Wildman–Crippen MR) is 54.5 cm³/mol. The average Bonchev–Trinajstić information content (AvgIpc) is 2.00. The van der Waals surface area contributed by atoms with Crippen LogP contribution in [0, 0.1) is 5.41 Å². The zero-order valence-electron chi connectivity index (χ0n) is 9.14. The molecular weight excluding hydrogens is 164 g/mol. The highest BCUT2D eigenvalue weighted by Crippen LogP contribution is 2.22. The Balaban J connectivity index is 3.87. The highest BCUT2D eigenvalue weighted by atomic mass is 16.5. The van der Waals surface area contributed by atoms with Gasteiger partial charge in [0.2, 0.25) is 0 Å². The van der Waals surface area contributed by atoms with E-state index in [0.717, 1.165) is 12.8 Å². The van der Waals surface area contributed by atoms with Crippen LogP contribution in [0.15, 0.2) is 12.2 Å². The third-order valence-electron chi connectivity index (χ3n) is 1.87. The Morgan fingerprint density at radius 2 is 2.00 bits per heavy atom. The molecule has 2 nitrogen and oxygen atoms in total. The van der Waals surface area contributed by atoms with Crippen molar-refractivity contribution in [3.63, 3.8) is 0 Å². The van der Waals surface area contributed by atoms with Gasteiger partial charge in [-0.25, -0.2) is 4.79 Å². The summed E-state index contributed by atoms with van der Waals surface area (Å²) in [5, 5.41) is 0. The minimum Gasteiger partial charge on any atom is -0.462 e. The van der Waals surface area contributed by atoms with Crippen molar-refractivity contribution in [3.05, 3.63) is 12.2 Å². The third kappa shape index (κ3) is 5.45. The number of carbonyl (C=O) groups is 1. The van der Waals surface area contributed by atoms with Crippen molar-refractivity contribution in [2.45, 2.75) is 40.5 Å². The second-order valence-electron chi connectivity index (χ2n) is 4.27. The second kappa shape index (κ2) is 5.05. The normalized spacial score (nSPS) is 11.1. The van der Waals surface area contributed by atoms with E-state index in [1.54, 1.807) is 6.92 Å². The monoisotopic (exact) mass is 184 g/mol.